The van der Waals surface area contributed by atoms with Crippen molar-refractivity contribution in [3.8, 4) is 0 Å². The van der Waals surface area contributed by atoms with E-state index in [-0.39, 0.29) is 23.0 Å². The highest BCUT2D eigenvalue weighted by Gasteiger charge is 2.68. The van der Waals surface area contributed by atoms with Crippen LogP contribution in [0.1, 0.15) is 92.4 Å². The first-order chi connectivity index (χ1) is 24.2. The molecule has 6 N–H and O–H groups in total. The first kappa shape index (κ1) is 37.2. The molecule has 0 bridgehead atoms. The quantitative estimate of drug-likeness (QED) is 0.229. The van der Waals surface area contributed by atoms with E-state index < -0.39 is 73.8 Å². The van der Waals surface area contributed by atoms with Crippen molar-refractivity contribution in [1.82, 2.24) is 0 Å². The average Bonchev–Trinajstić information content (AvgIpc) is 3.56. The fourth-order valence-corrected chi connectivity index (χ4v) is 12.5. The lowest BCUT2D eigenvalue weighted by Crippen LogP contribution is -2.64. The number of aliphatic hydroxyl groups excluding tert-OH is 6. The highest BCUT2D eigenvalue weighted by Crippen LogP contribution is 2.70. The number of fused-ring (bicyclic) bond motifs is 7. The van der Waals surface area contributed by atoms with Crippen molar-refractivity contribution in [3.63, 3.8) is 0 Å². The van der Waals surface area contributed by atoms with E-state index in [4.69, 9.17) is 28.4 Å². The minimum Gasteiger partial charge on any atom is -0.394 e. The van der Waals surface area contributed by atoms with Gasteiger partial charge < -0.3 is 59.1 Å². The number of hydrogen-bond donors (Lipinski definition) is 6. The van der Waals surface area contributed by atoms with Crippen LogP contribution in [0.15, 0.2) is 11.6 Å². The zero-order valence-corrected chi connectivity index (χ0v) is 30.9. The molecule has 1 spiro atoms. The Hall–Kier alpha value is -0.740. The summed E-state index contributed by atoms with van der Waals surface area (Å²) < 4.78 is 37.6. The molecule has 4 heterocycles. The lowest BCUT2D eigenvalue weighted by atomic mass is 9.47. The standard InChI is InChI=1S/C39H62O12/c1-18-8-13-39(46-17-18)19(2)28-26(51-39)15-25-23-7-6-21-14-22(9-11-37(21,4)24(23)10-12-38(25,28)5)48-36-34(32(44)30(42)27(16-40)49-36)50-35-33(45)31(43)29(41)20(3)47-35/h6,18-20,22-36,40-45H,7-17H2,1-5H3/t18?,19-,20-,22-,23?,24?,25?,26-,27+,28?,29-,30+,31+,32-,33+,34+,35-,36+,37-,38-,39+/m0/s1. The summed E-state index contributed by atoms with van der Waals surface area (Å²) in [6.45, 7) is 11.5. The molecule has 0 aromatic carbocycles. The molecule has 7 fully saturated rings. The highest BCUT2D eigenvalue weighted by atomic mass is 16.8. The number of ether oxygens (including phenoxy) is 6. The average molecular weight is 723 g/mol. The minimum atomic E-state index is -1.61. The Morgan fingerprint density at radius 1 is 0.824 bits per heavy atom. The lowest BCUT2D eigenvalue weighted by molar-refractivity contribution is -0.369. The number of aliphatic hydroxyl groups is 6. The Morgan fingerprint density at radius 2 is 1.61 bits per heavy atom. The van der Waals surface area contributed by atoms with Crippen LogP contribution in [0.2, 0.25) is 0 Å². The molecule has 4 aliphatic heterocycles. The summed E-state index contributed by atoms with van der Waals surface area (Å²) in [6, 6.07) is 0. The van der Waals surface area contributed by atoms with Gasteiger partial charge in [-0.05, 0) is 98.7 Å². The largest absolute Gasteiger partial charge is 0.394 e. The smallest absolute Gasteiger partial charge is 0.187 e. The number of allylic oxidation sites excluding steroid dienone is 1. The Labute approximate surface area is 301 Å². The van der Waals surface area contributed by atoms with Crippen molar-refractivity contribution < 1.29 is 59.1 Å². The molecule has 0 aromatic heterocycles. The molecule has 5 unspecified atom stereocenters. The third-order valence-electron chi connectivity index (χ3n) is 15.6. The van der Waals surface area contributed by atoms with Crippen molar-refractivity contribution >= 4 is 0 Å². The highest BCUT2D eigenvalue weighted by molar-refractivity contribution is 5.26. The van der Waals surface area contributed by atoms with E-state index in [0.717, 1.165) is 38.7 Å². The van der Waals surface area contributed by atoms with Gasteiger partial charge in [0.2, 0.25) is 0 Å². The summed E-state index contributed by atoms with van der Waals surface area (Å²) in [6.07, 6.45) is -1.68. The maximum absolute atomic E-state index is 11.1. The Kier molecular flexibility index (Phi) is 9.83. The molecule has 0 radical (unpaired) electrons. The molecular formula is C39H62O12. The summed E-state index contributed by atoms with van der Waals surface area (Å²) in [7, 11) is 0. The molecule has 0 aromatic rings. The molecule has 290 valence electrons. The summed E-state index contributed by atoms with van der Waals surface area (Å²) in [5.41, 5.74) is 1.70. The van der Waals surface area contributed by atoms with Crippen molar-refractivity contribution in [2.45, 2.75) is 172 Å². The van der Waals surface area contributed by atoms with Crippen molar-refractivity contribution in [2.24, 2.45) is 46.3 Å². The van der Waals surface area contributed by atoms with Crippen LogP contribution >= 0.6 is 0 Å². The normalized spacial score (nSPS) is 58.4. The van der Waals surface area contributed by atoms with Gasteiger partial charge in [-0.2, -0.15) is 0 Å². The van der Waals surface area contributed by atoms with E-state index >= 15 is 0 Å². The van der Waals surface area contributed by atoms with E-state index in [1.54, 1.807) is 0 Å². The van der Waals surface area contributed by atoms with E-state index in [0.29, 0.717) is 41.9 Å². The summed E-state index contributed by atoms with van der Waals surface area (Å²) in [5, 5.41) is 62.9. The van der Waals surface area contributed by atoms with Gasteiger partial charge in [-0.1, -0.05) is 39.3 Å². The topological polar surface area (TPSA) is 177 Å². The van der Waals surface area contributed by atoms with Crippen LogP contribution in [0.5, 0.6) is 0 Å². The predicted molar refractivity (Wildman–Crippen MR) is 182 cm³/mol. The molecule has 12 nitrogen and oxygen atoms in total. The monoisotopic (exact) mass is 722 g/mol. The molecule has 8 aliphatic rings. The van der Waals surface area contributed by atoms with Gasteiger partial charge >= 0.3 is 0 Å². The Balaban J connectivity index is 0.964. The second-order valence-electron chi connectivity index (χ2n) is 18.3. The third kappa shape index (κ3) is 5.84. The van der Waals surface area contributed by atoms with Crippen molar-refractivity contribution in [1.29, 1.82) is 0 Å². The van der Waals surface area contributed by atoms with Gasteiger partial charge in [0.1, 0.15) is 42.7 Å². The van der Waals surface area contributed by atoms with Crippen LogP contribution in [0.3, 0.4) is 0 Å². The Bertz CT molecular complexity index is 1300. The molecule has 4 saturated heterocycles. The second-order valence-corrected chi connectivity index (χ2v) is 18.3. The zero-order chi connectivity index (χ0) is 36.2. The van der Waals surface area contributed by atoms with E-state index in [9.17, 15) is 30.6 Å². The van der Waals surface area contributed by atoms with Crippen LogP contribution in [0, 0.1) is 46.3 Å². The fraction of sp³-hybridized carbons (Fsp3) is 0.949. The van der Waals surface area contributed by atoms with Gasteiger partial charge in [0, 0.05) is 12.3 Å². The van der Waals surface area contributed by atoms with Crippen molar-refractivity contribution in [3.05, 3.63) is 11.6 Å². The van der Waals surface area contributed by atoms with Gasteiger partial charge in [0.15, 0.2) is 18.4 Å². The number of hydrogen-bond acceptors (Lipinski definition) is 12. The summed E-state index contributed by atoms with van der Waals surface area (Å²) in [5.74, 6) is 2.92. The number of rotatable bonds is 5. The molecule has 12 heteroatoms. The maximum atomic E-state index is 11.1. The third-order valence-corrected chi connectivity index (χ3v) is 15.6. The second kappa shape index (κ2) is 13.5. The van der Waals surface area contributed by atoms with Gasteiger partial charge in [-0.25, -0.2) is 0 Å². The molecule has 21 atom stereocenters. The molecule has 4 aliphatic carbocycles. The molecule has 3 saturated carbocycles. The van der Waals surface area contributed by atoms with Gasteiger partial charge in [0.05, 0.1) is 31.5 Å². The molecule has 0 amide bonds. The lowest BCUT2D eigenvalue weighted by Gasteiger charge is -2.58. The van der Waals surface area contributed by atoms with Crippen LogP contribution in [-0.4, -0.2) is 123 Å². The zero-order valence-electron chi connectivity index (χ0n) is 30.9. The fourth-order valence-electron chi connectivity index (χ4n) is 12.5. The Morgan fingerprint density at radius 3 is 2.33 bits per heavy atom. The van der Waals surface area contributed by atoms with Crippen LogP contribution < -0.4 is 0 Å². The molecular weight excluding hydrogens is 660 g/mol. The summed E-state index contributed by atoms with van der Waals surface area (Å²) in [4.78, 5) is 0. The van der Waals surface area contributed by atoms with E-state index in [2.05, 4.69) is 33.8 Å². The van der Waals surface area contributed by atoms with Gasteiger partial charge in [-0.15, -0.1) is 0 Å². The summed E-state index contributed by atoms with van der Waals surface area (Å²) >= 11 is 0. The van der Waals surface area contributed by atoms with Crippen LogP contribution in [0.25, 0.3) is 0 Å². The van der Waals surface area contributed by atoms with E-state index in [1.165, 1.54) is 31.8 Å². The predicted octanol–water partition coefficient (Wildman–Crippen LogP) is 2.39. The van der Waals surface area contributed by atoms with Gasteiger partial charge in [-0.3, -0.25) is 0 Å². The van der Waals surface area contributed by atoms with Crippen LogP contribution in [0.4, 0.5) is 0 Å². The molecule has 51 heavy (non-hydrogen) atoms. The van der Waals surface area contributed by atoms with Gasteiger partial charge in [0.25, 0.3) is 0 Å². The molecule has 8 rings (SSSR count). The van der Waals surface area contributed by atoms with E-state index in [1.807, 2.05) is 0 Å². The first-order valence-corrected chi connectivity index (χ1v) is 19.8. The minimum absolute atomic E-state index is 0.0535. The maximum Gasteiger partial charge on any atom is 0.187 e. The first-order valence-electron chi connectivity index (χ1n) is 19.8. The van der Waals surface area contributed by atoms with Crippen LogP contribution in [-0.2, 0) is 28.4 Å². The van der Waals surface area contributed by atoms with Crippen molar-refractivity contribution in [2.75, 3.05) is 13.2 Å². The SMILES string of the molecule is CC1CC[C@@]2(OC1)O[C@H]1CC3C4CC=C5C[C@@H](O[C@@H]6O[C@H](CO)[C@@H](O)[C@H](O)[C@H]6O[C@@H]6O[C@@H](C)[C@H](O)[C@@H](O)[C@H]6O)CC[C@]5(C)C4CC[C@]3(C)C1[C@@H]2C.